The highest BCUT2D eigenvalue weighted by Crippen LogP contribution is 2.26. The van der Waals surface area contributed by atoms with Crippen molar-refractivity contribution in [2.45, 2.75) is 26.4 Å². The summed E-state index contributed by atoms with van der Waals surface area (Å²) >= 11 is 0. The molecule has 0 spiro atoms. The van der Waals surface area contributed by atoms with Gasteiger partial charge in [-0.3, -0.25) is 0 Å². The molecular formula is C13H13F3N2O2. The average Bonchev–Trinajstić information content (AvgIpc) is 2.81. The van der Waals surface area contributed by atoms with Crippen molar-refractivity contribution in [3.63, 3.8) is 0 Å². The first-order chi connectivity index (χ1) is 9.38. The normalized spacial score (nSPS) is 11.7. The van der Waals surface area contributed by atoms with Gasteiger partial charge < -0.3 is 9.26 Å². The number of hydrogen-bond acceptors (Lipinski definition) is 4. The number of benzene rings is 1. The first-order valence-corrected chi connectivity index (χ1v) is 5.96. The van der Waals surface area contributed by atoms with E-state index in [4.69, 9.17) is 4.74 Å². The van der Waals surface area contributed by atoms with Crippen LogP contribution in [-0.4, -0.2) is 16.7 Å². The van der Waals surface area contributed by atoms with E-state index >= 15 is 0 Å². The van der Waals surface area contributed by atoms with Crippen LogP contribution in [-0.2, 0) is 12.6 Å². The van der Waals surface area contributed by atoms with Gasteiger partial charge in [0.2, 0.25) is 5.89 Å². The van der Waals surface area contributed by atoms with Gasteiger partial charge in [0, 0.05) is 0 Å². The molecule has 7 heteroatoms. The van der Waals surface area contributed by atoms with E-state index in [2.05, 4.69) is 14.7 Å². The summed E-state index contributed by atoms with van der Waals surface area (Å²) in [6.45, 7) is 3.97. The van der Waals surface area contributed by atoms with E-state index < -0.39 is 12.0 Å². The number of aromatic nitrogens is 2. The smallest absolute Gasteiger partial charge is 0.455 e. The van der Waals surface area contributed by atoms with Gasteiger partial charge in [-0.05, 0) is 25.0 Å². The van der Waals surface area contributed by atoms with Gasteiger partial charge >= 0.3 is 6.18 Å². The van der Waals surface area contributed by atoms with E-state index in [1.54, 1.807) is 0 Å². The Balaban J connectivity index is 1.95. The van der Waals surface area contributed by atoms with Gasteiger partial charge in [-0.25, -0.2) is 0 Å². The number of alkyl halides is 3. The van der Waals surface area contributed by atoms with Gasteiger partial charge in [-0.2, -0.15) is 18.2 Å². The van der Waals surface area contributed by atoms with Crippen molar-refractivity contribution in [3.05, 3.63) is 41.0 Å². The molecule has 1 aromatic heterocycles. The molecule has 2 rings (SSSR count). The zero-order valence-electron chi connectivity index (χ0n) is 11.0. The molecule has 0 aliphatic heterocycles. The van der Waals surface area contributed by atoms with Gasteiger partial charge in [0.25, 0.3) is 5.82 Å². The van der Waals surface area contributed by atoms with Crippen LogP contribution >= 0.6 is 0 Å². The standard InChI is InChI=1S/C13H13F3N2O2/c1-8-4-3-5-9(2)11(8)19-7-6-10-17-12(18-20-10)13(14,15)16/h3-5H,6-7H2,1-2H3. The molecule has 1 aromatic carbocycles. The second-order valence-corrected chi connectivity index (χ2v) is 4.33. The lowest BCUT2D eigenvalue weighted by Gasteiger charge is -2.10. The fourth-order valence-corrected chi connectivity index (χ4v) is 1.74. The third-order valence-electron chi connectivity index (χ3n) is 2.69. The quantitative estimate of drug-likeness (QED) is 0.865. The Morgan fingerprint density at radius 2 is 1.85 bits per heavy atom. The Hall–Kier alpha value is -2.05. The number of ether oxygens (including phenoxy) is 1. The van der Waals surface area contributed by atoms with Crippen molar-refractivity contribution in [1.29, 1.82) is 0 Å². The monoisotopic (exact) mass is 286 g/mol. The van der Waals surface area contributed by atoms with E-state index in [-0.39, 0.29) is 18.9 Å². The summed E-state index contributed by atoms with van der Waals surface area (Å²) in [5.41, 5.74) is 1.93. The minimum atomic E-state index is -4.59. The van der Waals surface area contributed by atoms with E-state index in [1.165, 1.54) is 0 Å². The summed E-state index contributed by atoms with van der Waals surface area (Å²) < 4.78 is 46.9. The third kappa shape index (κ3) is 3.28. The molecule has 108 valence electrons. The van der Waals surface area contributed by atoms with E-state index in [9.17, 15) is 13.2 Å². The molecule has 0 aliphatic rings. The summed E-state index contributed by atoms with van der Waals surface area (Å²) in [6.07, 6.45) is -4.47. The maximum absolute atomic E-state index is 12.3. The first kappa shape index (κ1) is 14.4. The fourth-order valence-electron chi connectivity index (χ4n) is 1.74. The molecule has 0 unspecified atom stereocenters. The van der Waals surface area contributed by atoms with Crippen LogP contribution in [0.1, 0.15) is 22.8 Å². The topological polar surface area (TPSA) is 48.2 Å². The molecule has 4 nitrogen and oxygen atoms in total. The Morgan fingerprint density at radius 3 is 2.40 bits per heavy atom. The van der Waals surface area contributed by atoms with Crippen molar-refractivity contribution in [3.8, 4) is 5.75 Å². The molecule has 1 heterocycles. The zero-order chi connectivity index (χ0) is 14.8. The number of rotatable bonds is 4. The molecule has 0 atom stereocenters. The van der Waals surface area contributed by atoms with Crippen molar-refractivity contribution in [2.24, 2.45) is 0 Å². The summed E-state index contributed by atoms with van der Waals surface area (Å²) in [6, 6.07) is 5.71. The Kier molecular flexibility index (Phi) is 3.96. The lowest BCUT2D eigenvalue weighted by molar-refractivity contribution is -0.146. The first-order valence-electron chi connectivity index (χ1n) is 5.96. The van der Waals surface area contributed by atoms with Crippen molar-refractivity contribution >= 4 is 0 Å². The van der Waals surface area contributed by atoms with Crippen LogP contribution in [0.15, 0.2) is 22.7 Å². The molecule has 0 amide bonds. The molecule has 0 fully saturated rings. The third-order valence-corrected chi connectivity index (χ3v) is 2.69. The summed E-state index contributed by atoms with van der Waals surface area (Å²) in [5.74, 6) is -0.633. The molecule has 0 bridgehead atoms. The number of aryl methyl sites for hydroxylation is 2. The molecule has 2 aromatic rings. The molecule has 0 saturated heterocycles. The van der Waals surface area contributed by atoms with Crippen molar-refractivity contribution in [1.82, 2.24) is 10.1 Å². The predicted molar refractivity (Wildman–Crippen MR) is 64.4 cm³/mol. The minimum Gasteiger partial charge on any atom is -0.493 e. The van der Waals surface area contributed by atoms with Crippen LogP contribution in [0.2, 0.25) is 0 Å². The van der Waals surface area contributed by atoms with Gasteiger partial charge in [-0.15, -0.1) is 0 Å². The van der Waals surface area contributed by atoms with Crippen LogP contribution < -0.4 is 4.74 Å². The number of para-hydroxylation sites is 1. The second-order valence-electron chi connectivity index (χ2n) is 4.33. The molecule has 0 N–H and O–H groups in total. The van der Waals surface area contributed by atoms with Crippen LogP contribution in [0.25, 0.3) is 0 Å². The van der Waals surface area contributed by atoms with E-state index in [1.807, 2.05) is 32.0 Å². The Labute approximate surface area is 113 Å². The van der Waals surface area contributed by atoms with Gasteiger partial charge in [0.1, 0.15) is 5.75 Å². The Bertz CT molecular complexity index is 573. The maximum atomic E-state index is 12.3. The van der Waals surface area contributed by atoms with Gasteiger partial charge in [-0.1, -0.05) is 23.4 Å². The number of halogens is 3. The fraction of sp³-hybridized carbons (Fsp3) is 0.385. The lowest BCUT2D eigenvalue weighted by atomic mass is 10.1. The van der Waals surface area contributed by atoms with Crippen LogP contribution in [0.5, 0.6) is 5.75 Å². The van der Waals surface area contributed by atoms with Crippen LogP contribution in [0.3, 0.4) is 0 Å². The van der Waals surface area contributed by atoms with Crippen LogP contribution in [0.4, 0.5) is 13.2 Å². The largest absolute Gasteiger partial charge is 0.493 e. The highest BCUT2D eigenvalue weighted by molar-refractivity contribution is 5.39. The van der Waals surface area contributed by atoms with Gasteiger partial charge in [0.05, 0.1) is 13.0 Å². The van der Waals surface area contributed by atoms with Gasteiger partial charge in [0.15, 0.2) is 0 Å². The molecule has 0 radical (unpaired) electrons. The molecule has 0 aliphatic carbocycles. The highest BCUT2D eigenvalue weighted by atomic mass is 19.4. The SMILES string of the molecule is Cc1cccc(C)c1OCCc1nc(C(F)(F)F)no1. The lowest BCUT2D eigenvalue weighted by Crippen LogP contribution is -2.08. The highest BCUT2D eigenvalue weighted by Gasteiger charge is 2.37. The predicted octanol–water partition coefficient (Wildman–Crippen LogP) is 3.33. The zero-order valence-corrected chi connectivity index (χ0v) is 11.0. The summed E-state index contributed by atoms with van der Waals surface area (Å²) in [4.78, 5) is 3.27. The average molecular weight is 286 g/mol. The Morgan fingerprint density at radius 1 is 1.20 bits per heavy atom. The molecular weight excluding hydrogens is 273 g/mol. The molecule has 0 saturated carbocycles. The second kappa shape index (κ2) is 5.52. The van der Waals surface area contributed by atoms with E-state index in [0.717, 1.165) is 16.9 Å². The maximum Gasteiger partial charge on any atom is 0.455 e. The molecule has 20 heavy (non-hydrogen) atoms. The van der Waals surface area contributed by atoms with Crippen LogP contribution in [0, 0.1) is 13.8 Å². The minimum absolute atomic E-state index is 0.0939. The summed E-state index contributed by atoms with van der Waals surface area (Å²) in [7, 11) is 0. The van der Waals surface area contributed by atoms with E-state index in [0.29, 0.717) is 0 Å². The number of nitrogens with zero attached hydrogens (tertiary/aromatic N) is 2. The van der Waals surface area contributed by atoms with Crippen molar-refractivity contribution < 1.29 is 22.4 Å². The summed E-state index contributed by atoms with van der Waals surface area (Å²) in [5, 5.41) is 2.88. The van der Waals surface area contributed by atoms with Crippen molar-refractivity contribution in [2.75, 3.05) is 6.61 Å². The number of hydrogen-bond donors (Lipinski definition) is 0.